The fourth-order valence-corrected chi connectivity index (χ4v) is 4.64. The van der Waals surface area contributed by atoms with Crippen LogP contribution in [0.4, 0.5) is 0 Å². The lowest BCUT2D eigenvalue weighted by Gasteiger charge is -2.30. The number of ether oxygens (including phenoxy) is 1. The van der Waals surface area contributed by atoms with Crippen LogP contribution in [0.5, 0.6) is 0 Å². The van der Waals surface area contributed by atoms with Crippen LogP contribution in [0.1, 0.15) is 39.0 Å². The quantitative estimate of drug-likeness (QED) is 0.796. The van der Waals surface area contributed by atoms with Crippen molar-refractivity contribution >= 4 is 15.6 Å². The number of hydrogen-bond donors (Lipinski definition) is 1. The van der Waals surface area contributed by atoms with Crippen molar-refractivity contribution in [1.82, 2.24) is 5.32 Å². The summed E-state index contributed by atoms with van der Waals surface area (Å²) >= 11 is 0. The van der Waals surface area contributed by atoms with Gasteiger partial charge in [-0.2, -0.15) is 0 Å². The molecule has 4 atom stereocenters. The summed E-state index contributed by atoms with van der Waals surface area (Å²) in [4.78, 5) is 12.7. The summed E-state index contributed by atoms with van der Waals surface area (Å²) < 4.78 is 28.9. The zero-order valence-electron chi connectivity index (χ0n) is 13.0. The van der Waals surface area contributed by atoms with Gasteiger partial charge in [0.2, 0.25) is 0 Å². The van der Waals surface area contributed by atoms with Crippen molar-refractivity contribution in [3.05, 3.63) is 0 Å². The molecule has 1 saturated carbocycles. The number of sulfone groups is 1. The van der Waals surface area contributed by atoms with Crippen molar-refractivity contribution < 1.29 is 17.9 Å². The van der Waals surface area contributed by atoms with E-state index in [0.717, 1.165) is 25.8 Å². The molecule has 4 unspecified atom stereocenters. The summed E-state index contributed by atoms with van der Waals surface area (Å²) in [7, 11) is -3.04. The molecule has 2 fully saturated rings. The monoisotopic (exact) mass is 317 g/mol. The minimum atomic E-state index is -3.04. The van der Waals surface area contributed by atoms with Crippen LogP contribution in [0.25, 0.3) is 0 Å². The molecule has 0 radical (unpaired) electrons. The normalized spacial score (nSPS) is 34.0. The van der Waals surface area contributed by atoms with E-state index < -0.39 is 9.84 Å². The van der Waals surface area contributed by atoms with Crippen molar-refractivity contribution in [3.8, 4) is 0 Å². The Morgan fingerprint density at radius 2 is 2.05 bits per heavy atom. The van der Waals surface area contributed by atoms with Crippen LogP contribution in [0.15, 0.2) is 0 Å². The summed E-state index contributed by atoms with van der Waals surface area (Å²) in [6, 6.07) is 0.0936. The third kappa shape index (κ3) is 4.27. The Labute approximate surface area is 127 Å². The van der Waals surface area contributed by atoms with Gasteiger partial charge in [0.15, 0.2) is 0 Å². The second-order valence-electron chi connectivity index (χ2n) is 6.42. The smallest absolute Gasteiger partial charge is 0.150 e. The molecule has 0 aromatic heterocycles. The van der Waals surface area contributed by atoms with E-state index in [2.05, 4.69) is 12.2 Å². The first-order valence-corrected chi connectivity index (χ1v) is 9.92. The van der Waals surface area contributed by atoms with Crippen LogP contribution in [-0.2, 0) is 19.4 Å². The van der Waals surface area contributed by atoms with E-state index >= 15 is 0 Å². The maximum Gasteiger partial charge on any atom is 0.150 e. The number of ketones is 1. The Morgan fingerprint density at radius 3 is 2.71 bits per heavy atom. The lowest BCUT2D eigenvalue weighted by atomic mass is 9.80. The highest BCUT2D eigenvalue weighted by Gasteiger charge is 2.40. The van der Waals surface area contributed by atoms with Crippen molar-refractivity contribution in [2.75, 3.05) is 26.0 Å². The molecule has 21 heavy (non-hydrogen) atoms. The minimum Gasteiger partial charge on any atom is -0.379 e. The average molecular weight is 317 g/mol. The molecule has 6 heteroatoms. The lowest BCUT2D eigenvalue weighted by Crippen LogP contribution is -2.43. The van der Waals surface area contributed by atoms with Gasteiger partial charge in [-0.15, -0.1) is 0 Å². The van der Waals surface area contributed by atoms with E-state index in [0.29, 0.717) is 26.1 Å². The molecule has 2 aliphatic rings. The fourth-order valence-electron chi connectivity index (χ4n) is 3.46. The van der Waals surface area contributed by atoms with E-state index in [1.807, 2.05) is 0 Å². The zero-order chi connectivity index (χ0) is 15.5. The van der Waals surface area contributed by atoms with Crippen LogP contribution >= 0.6 is 0 Å². The summed E-state index contributed by atoms with van der Waals surface area (Å²) in [6.45, 7) is 4.03. The van der Waals surface area contributed by atoms with Crippen LogP contribution < -0.4 is 5.32 Å². The first kappa shape index (κ1) is 16.9. The van der Waals surface area contributed by atoms with Gasteiger partial charge in [0, 0.05) is 18.2 Å². The van der Waals surface area contributed by atoms with E-state index in [4.69, 9.17) is 4.74 Å². The molecular formula is C15H27NO4S. The number of nitrogens with one attached hydrogen (secondary N) is 1. The van der Waals surface area contributed by atoms with E-state index in [9.17, 15) is 13.2 Å². The largest absolute Gasteiger partial charge is 0.379 e. The molecule has 1 N–H and O–H groups in total. The number of Topliss-reactive ketones (excluding diaryl/α,β-unsaturated/α-hetero) is 1. The second kappa shape index (κ2) is 7.20. The third-order valence-corrected chi connectivity index (χ3v) is 6.38. The van der Waals surface area contributed by atoms with E-state index in [1.165, 1.54) is 6.26 Å². The topological polar surface area (TPSA) is 72.5 Å². The molecule has 0 amide bonds. The van der Waals surface area contributed by atoms with Crippen molar-refractivity contribution in [2.24, 2.45) is 11.8 Å². The number of carbonyl (C=O) groups excluding carboxylic acids is 1. The highest BCUT2D eigenvalue weighted by molar-refractivity contribution is 7.91. The minimum absolute atomic E-state index is 0.0936. The second-order valence-corrected chi connectivity index (χ2v) is 8.75. The lowest BCUT2D eigenvalue weighted by molar-refractivity contribution is -0.128. The van der Waals surface area contributed by atoms with Gasteiger partial charge in [0.1, 0.15) is 15.6 Å². The van der Waals surface area contributed by atoms with Gasteiger partial charge in [-0.1, -0.05) is 13.3 Å². The Hall–Kier alpha value is -0.460. The summed E-state index contributed by atoms with van der Waals surface area (Å²) in [5.74, 6) is -0.0228. The Bertz CT molecular complexity index is 462. The van der Waals surface area contributed by atoms with Crippen LogP contribution in [0.3, 0.4) is 0 Å². The predicted molar refractivity (Wildman–Crippen MR) is 82.0 cm³/mol. The molecule has 2 rings (SSSR count). The van der Waals surface area contributed by atoms with Crippen LogP contribution in [-0.4, -0.2) is 51.5 Å². The van der Waals surface area contributed by atoms with Gasteiger partial charge in [-0.3, -0.25) is 4.79 Å². The fraction of sp³-hybridized carbons (Fsp3) is 0.933. The van der Waals surface area contributed by atoms with Gasteiger partial charge in [-0.05, 0) is 32.2 Å². The van der Waals surface area contributed by atoms with E-state index in [1.54, 1.807) is 0 Å². The maximum atomic E-state index is 12.7. The number of carbonyl (C=O) groups is 1. The predicted octanol–water partition coefficient (Wildman–Crippen LogP) is 1.17. The van der Waals surface area contributed by atoms with Gasteiger partial charge >= 0.3 is 0 Å². The van der Waals surface area contributed by atoms with Crippen molar-refractivity contribution in [2.45, 2.75) is 50.3 Å². The highest BCUT2D eigenvalue weighted by atomic mass is 32.2. The van der Waals surface area contributed by atoms with Crippen molar-refractivity contribution in [1.29, 1.82) is 0 Å². The third-order valence-electron chi connectivity index (χ3n) is 4.74. The molecule has 1 aliphatic carbocycles. The van der Waals surface area contributed by atoms with Crippen molar-refractivity contribution in [3.63, 3.8) is 0 Å². The average Bonchev–Trinajstić information content (AvgIpc) is 2.92. The first-order valence-electron chi connectivity index (χ1n) is 7.97. The Morgan fingerprint density at radius 1 is 1.29 bits per heavy atom. The molecule has 122 valence electrons. The first-order chi connectivity index (χ1) is 9.93. The van der Waals surface area contributed by atoms with Crippen LogP contribution in [0, 0.1) is 11.8 Å². The maximum absolute atomic E-state index is 12.7. The molecule has 0 aromatic rings. The Balaban J connectivity index is 1.98. The zero-order valence-corrected chi connectivity index (χ0v) is 13.8. The highest BCUT2D eigenvalue weighted by Crippen LogP contribution is 2.32. The molecule has 1 aliphatic heterocycles. The van der Waals surface area contributed by atoms with Crippen LogP contribution in [0.2, 0.25) is 0 Å². The summed E-state index contributed by atoms with van der Waals surface area (Å²) in [5.41, 5.74) is 0. The summed E-state index contributed by atoms with van der Waals surface area (Å²) in [5, 5.41) is 3.04. The standard InChI is InChI=1S/C15H27NO4S/c1-3-7-16-14-10-20-9-13(14)15(17)11-5-4-6-12(8-11)21(2,18)19/h11-14,16H,3-10H2,1-2H3. The molecular weight excluding hydrogens is 290 g/mol. The molecule has 5 nitrogen and oxygen atoms in total. The SMILES string of the molecule is CCCNC1COCC1C(=O)C1CCCC(S(C)(=O)=O)C1. The summed E-state index contributed by atoms with van der Waals surface area (Å²) in [6.07, 6.45) is 5.15. The molecule has 1 saturated heterocycles. The molecule has 0 aromatic carbocycles. The van der Waals surface area contributed by atoms with Gasteiger partial charge < -0.3 is 10.1 Å². The van der Waals surface area contributed by atoms with E-state index in [-0.39, 0.29) is 28.9 Å². The molecule has 0 bridgehead atoms. The molecule has 1 heterocycles. The Kier molecular flexibility index (Phi) is 5.80. The van der Waals surface area contributed by atoms with Gasteiger partial charge in [0.05, 0.1) is 24.4 Å². The number of rotatable bonds is 6. The van der Waals surface area contributed by atoms with Gasteiger partial charge in [0.25, 0.3) is 0 Å². The number of hydrogen-bond acceptors (Lipinski definition) is 5. The molecule has 0 spiro atoms. The van der Waals surface area contributed by atoms with Gasteiger partial charge in [-0.25, -0.2) is 8.42 Å².